The number of nitrogens with zero attached hydrogens (tertiary/aromatic N) is 2. The Kier molecular flexibility index (Phi) is 8.72. The summed E-state index contributed by atoms with van der Waals surface area (Å²) in [5.41, 5.74) is 0. The lowest BCUT2D eigenvalue weighted by Gasteiger charge is -2.44. The molecule has 1 N–H and O–H groups in total. The van der Waals surface area contributed by atoms with E-state index in [1.807, 2.05) is 11.8 Å². The highest BCUT2D eigenvalue weighted by Crippen LogP contribution is 2.22. The molecule has 2 unspecified atom stereocenters. The molecule has 0 bridgehead atoms. The second kappa shape index (κ2) is 9.46. The number of carbonyl (C=O) groups is 1. The topological polar surface area (TPSA) is 35.6 Å². The van der Waals surface area contributed by atoms with Gasteiger partial charge in [-0.2, -0.15) is 11.8 Å². The van der Waals surface area contributed by atoms with Crippen molar-refractivity contribution in [2.24, 2.45) is 0 Å². The molecule has 0 aliphatic carbocycles. The molecule has 0 aromatic heterocycles. The van der Waals surface area contributed by atoms with Crippen molar-refractivity contribution in [3.63, 3.8) is 0 Å². The number of hydrogen-bond donors (Lipinski definition) is 1. The maximum Gasteiger partial charge on any atom is 0.224 e. The van der Waals surface area contributed by atoms with Crippen molar-refractivity contribution < 1.29 is 4.79 Å². The van der Waals surface area contributed by atoms with Gasteiger partial charge in [-0.1, -0.05) is 6.42 Å². The molecular weight excluding hydrogens is 329 g/mol. The molecule has 0 spiro atoms. The standard InChI is InChI=1S/C14H25N3OS.2ClH/c18-14(9-12-11-19-8-4-15-12)17-7-6-16-5-2-1-3-13(16)10-17;;/h12-13,15H,1-11H2;2*1H. The number of thioether (sulfide) groups is 1. The van der Waals surface area contributed by atoms with Crippen molar-refractivity contribution in [2.75, 3.05) is 44.2 Å². The summed E-state index contributed by atoms with van der Waals surface area (Å²) in [5, 5.41) is 3.47. The molecule has 21 heavy (non-hydrogen) atoms. The second-order valence-corrected chi connectivity index (χ2v) is 7.11. The van der Waals surface area contributed by atoms with Crippen LogP contribution in [0.3, 0.4) is 0 Å². The lowest BCUT2D eigenvalue weighted by molar-refractivity contribution is -0.135. The minimum Gasteiger partial charge on any atom is -0.340 e. The molecule has 2 atom stereocenters. The third kappa shape index (κ3) is 5.17. The summed E-state index contributed by atoms with van der Waals surface area (Å²) in [5.74, 6) is 2.64. The Hall–Kier alpha value is 0.320. The van der Waals surface area contributed by atoms with Crippen molar-refractivity contribution in [3.8, 4) is 0 Å². The minimum absolute atomic E-state index is 0. The minimum atomic E-state index is 0. The number of carbonyl (C=O) groups excluding carboxylic acids is 1. The number of fused-ring (bicyclic) bond motifs is 1. The fraction of sp³-hybridized carbons (Fsp3) is 0.929. The quantitative estimate of drug-likeness (QED) is 0.816. The summed E-state index contributed by atoms with van der Waals surface area (Å²) in [4.78, 5) is 17.1. The fourth-order valence-corrected chi connectivity index (χ4v) is 4.42. The first-order chi connectivity index (χ1) is 9.33. The van der Waals surface area contributed by atoms with Crippen molar-refractivity contribution in [1.82, 2.24) is 15.1 Å². The van der Waals surface area contributed by atoms with Gasteiger partial charge < -0.3 is 10.2 Å². The van der Waals surface area contributed by atoms with Gasteiger partial charge in [-0.05, 0) is 19.4 Å². The van der Waals surface area contributed by atoms with E-state index >= 15 is 0 Å². The molecule has 7 heteroatoms. The zero-order valence-corrected chi connectivity index (χ0v) is 14.9. The van der Waals surface area contributed by atoms with Gasteiger partial charge in [0.2, 0.25) is 5.91 Å². The SMILES string of the molecule is Cl.Cl.O=C(CC1CSCCN1)N1CCN2CCCCC2C1. The predicted molar refractivity (Wildman–Crippen MR) is 94.0 cm³/mol. The molecular formula is C14H27Cl2N3OS. The molecule has 3 saturated heterocycles. The molecule has 3 heterocycles. The van der Waals surface area contributed by atoms with E-state index in [1.165, 1.54) is 31.6 Å². The molecule has 0 aromatic rings. The highest BCUT2D eigenvalue weighted by Gasteiger charge is 2.31. The second-order valence-electron chi connectivity index (χ2n) is 5.96. The summed E-state index contributed by atoms with van der Waals surface area (Å²) in [6, 6.07) is 1.04. The van der Waals surface area contributed by atoms with E-state index in [1.54, 1.807) is 0 Å². The highest BCUT2D eigenvalue weighted by molar-refractivity contribution is 7.99. The number of amides is 1. The van der Waals surface area contributed by atoms with Gasteiger partial charge in [0.1, 0.15) is 0 Å². The smallest absolute Gasteiger partial charge is 0.224 e. The van der Waals surface area contributed by atoms with E-state index in [-0.39, 0.29) is 24.8 Å². The van der Waals surface area contributed by atoms with Gasteiger partial charge in [-0.25, -0.2) is 0 Å². The largest absolute Gasteiger partial charge is 0.340 e. The first-order valence-electron chi connectivity index (χ1n) is 7.66. The molecule has 0 aromatic carbocycles. The number of halogens is 2. The van der Waals surface area contributed by atoms with Gasteiger partial charge in [0.25, 0.3) is 0 Å². The van der Waals surface area contributed by atoms with Gasteiger partial charge in [0.15, 0.2) is 0 Å². The van der Waals surface area contributed by atoms with Crippen molar-refractivity contribution in [1.29, 1.82) is 0 Å². The van der Waals surface area contributed by atoms with Gasteiger partial charge >= 0.3 is 0 Å². The van der Waals surface area contributed by atoms with E-state index in [2.05, 4.69) is 15.1 Å². The lowest BCUT2D eigenvalue weighted by Crippen LogP contribution is -2.56. The Labute approximate surface area is 144 Å². The number of rotatable bonds is 2. The summed E-state index contributed by atoms with van der Waals surface area (Å²) < 4.78 is 0. The van der Waals surface area contributed by atoms with Gasteiger partial charge in [0, 0.05) is 56.2 Å². The average Bonchev–Trinajstić information content (AvgIpc) is 2.48. The van der Waals surface area contributed by atoms with E-state index < -0.39 is 0 Å². The van der Waals surface area contributed by atoms with Crippen LogP contribution in [0, 0.1) is 0 Å². The van der Waals surface area contributed by atoms with Crippen LogP contribution in [0.2, 0.25) is 0 Å². The molecule has 1 amide bonds. The Morgan fingerprint density at radius 2 is 2.05 bits per heavy atom. The molecule has 0 saturated carbocycles. The van der Waals surface area contributed by atoms with Gasteiger partial charge in [-0.15, -0.1) is 24.8 Å². The molecule has 3 rings (SSSR count). The molecule has 0 radical (unpaired) electrons. The van der Waals surface area contributed by atoms with Crippen LogP contribution in [0.1, 0.15) is 25.7 Å². The summed E-state index contributed by atoms with van der Waals surface area (Å²) >= 11 is 1.97. The zero-order valence-electron chi connectivity index (χ0n) is 12.5. The van der Waals surface area contributed by atoms with Crippen LogP contribution in [-0.2, 0) is 4.79 Å². The molecule has 3 aliphatic heterocycles. The van der Waals surface area contributed by atoms with E-state index in [9.17, 15) is 4.79 Å². The fourth-order valence-electron chi connectivity index (χ4n) is 3.47. The number of piperidine rings is 1. The Bertz CT molecular complexity index is 329. The van der Waals surface area contributed by atoms with Crippen LogP contribution in [0.25, 0.3) is 0 Å². The molecule has 124 valence electrons. The Morgan fingerprint density at radius 3 is 2.81 bits per heavy atom. The zero-order chi connectivity index (χ0) is 13.1. The monoisotopic (exact) mass is 355 g/mol. The predicted octanol–water partition coefficient (Wildman–Crippen LogP) is 1.62. The van der Waals surface area contributed by atoms with Crippen LogP contribution < -0.4 is 5.32 Å². The molecule has 4 nitrogen and oxygen atoms in total. The molecule has 3 aliphatic rings. The summed E-state index contributed by atoms with van der Waals surface area (Å²) in [6.45, 7) is 5.30. The third-order valence-corrected chi connectivity index (χ3v) is 5.74. The van der Waals surface area contributed by atoms with Crippen LogP contribution >= 0.6 is 36.6 Å². The summed E-state index contributed by atoms with van der Waals surface area (Å²) in [7, 11) is 0. The maximum absolute atomic E-state index is 12.4. The lowest BCUT2D eigenvalue weighted by atomic mass is 9.99. The van der Waals surface area contributed by atoms with E-state index in [0.29, 0.717) is 24.4 Å². The maximum atomic E-state index is 12.4. The molecule has 3 fully saturated rings. The number of nitrogens with one attached hydrogen (secondary N) is 1. The van der Waals surface area contributed by atoms with Crippen molar-refractivity contribution in [3.05, 3.63) is 0 Å². The normalized spacial score (nSPS) is 29.8. The van der Waals surface area contributed by atoms with Gasteiger partial charge in [0.05, 0.1) is 0 Å². The first kappa shape index (κ1) is 19.4. The van der Waals surface area contributed by atoms with E-state index in [4.69, 9.17) is 0 Å². The van der Waals surface area contributed by atoms with Crippen LogP contribution in [0.5, 0.6) is 0 Å². The third-order valence-electron chi connectivity index (χ3n) is 4.61. The van der Waals surface area contributed by atoms with Crippen molar-refractivity contribution in [2.45, 2.75) is 37.8 Å². The highest BCUT2D eigenvalue weighted by atomic mass is 35.5. The summed E-state index contributed by atoms with van der Waals surface area (Å²) in [6.07, 6.45) is 4.65. The van der Waals surface area contributed by atoms with Crippen LogP contribution in [0.4, 0.5) is 0 Å². The Morgan fingerprint density at radius 1 is 1.19 bits per heavy atom. The van der Waals surface area contributed by atoms with Crippen LogP contribution in [-0.4, -0.2) is 72.0 Å². The van der Waals surface area contributed by atoms with E-state index in [0.717, 1.165) is 31.9 Å². The Balaban J connectivity index is 0.00000110. The number of hydrogen-bond acceptors (Lipinski definition) is 4. The van der Waals surface area contributed by atoms with Crippen LogP contribution in [0.15, 0.2) is 0 Å². The number of piperazine rings is 1. The van der Waals surface area contributed by atoms with Crippen molar-refractivity contribution >= 4 is 42.5 Å². The van der Waals surface area contributed by atoms with Gasteiger partial charge in [-0.3, -0.25) is 9.69 Å². The first-order valence-corrected chi connectivity index (χ1v) is 8.81. The average molecular weight is 356 g/mol.